The van der Waals surface area contributed by atoms with Crippen molar-refractivity contribution in [1.82, 2.24) is 0 Å². The molecule has 0 spiro atoms. The predicted molar refractivity (Wildman–Crippen MR) is 151 cm³/mol. The third kappa shape index (κ3) is 7.42. The van der Waals surface area contributed by atoms with Crippen LogP contribution in [0.15, 0.2) is 90.9 Å². The van der Waals surface area contributed by atoms with E-state index in [1.807, 2.05) is 0 Å². The average Bonchev–Trinajstić information content (AvgIpc) is 2.90. The lowest BCUT2D eigenvalue weighted by atomic mass is 10.1. The van der Waals surface area contributed by atoms with Gasteiger partial charge >= 0.3 is 0 Å². The minimum absolute atomic E-state index is 0.0220. The number of benzene rings is 4. The van der Waals surface area contributed by atoms with Crippen LogP contribution in [0.4, 0.5) is 28.4 Å². The number of rotatable bonds is 9. The van der Waals surface area contributed by atoms with Crippen LogP contribution in [0, 0.1) is 6.92 Å². The molecule has 16 heteroatoms. The number of carbonyl (C=O) groups is 1. The molecule has 0 aliphatic heterocycles. The van der Waals surface area contributed by atoms with Gasteiger partial charge in [-0.1, -0.05) is 16.6 Å². The first-order valence-corrected chi connectivity index (χ1v) is 14.0. The zero-order chi connectivity index (χ0) is 29.7. The molecule has 41 heavy (non-hydrogen) atoms. The van der Waals surface area contributed by atoms with Gasteiger partial charge in [0.15, 0.2) is 5.75 Å². The lowest BCUT2D eigenvalue weighted by Gasteiger charge is -2.10. The number of aromatic hydroxyl groups is 1. The van der Waals surface area contributed by atoms with Gasteiger partial charge < -0.3 is 10.4 Å². The van der Waals surface area contributed by atoms with Crippen LogP contribution in [0.2, 0.25) is 5.02 Å². The Hall–Kier alpha value is -3.96. The Morgan fingerprint density at radius 1 is 0.976 bits per heavy atom. The molecule has 0 saturated carbocycles. The van der Waals surface area contributed by atoms with E-state index in [9.17, 15) is 22.9 Å². The van der Waals surface area contributed by atoms with E-state index in [0.29, 0.717) is 45.4 Å². The van der Waals surface area contributed by atoms with Gasteiger partial charge in [0.05, 0.1) is 28.3 Å². The fraction of sp³-hybridized carbons (Fsp3) is 0.0800. The van der Waals surface area contributed by atoms with Crippen LogP contribution in [0.5, 0.6) is 5.75 Å². The number of phenolic OH excluding ortho intramolecular Hbond substituents is 1. The van der Waals surface area contributed by atoms with Gasteiger partial charge in [0.1, 0.15) is 16.3 Å². The number of carbonyl (C=O) groups excluding carboxylic acids is 1. The number of hydrogen-bond donors (Lipinski definition) is 4. The third-order valence-electron chi connectivity index (χ3n) is 5.44. The van der Waals surface area contributed by atoms with Crippen LogP contribution in [0.1, 0.15) is 12.5 Å². The van der Waals surface area contributed by atoms with Crippen molar-refractivity contribution in [1.29, 1.82) is 0 Å². The van der Waals surface area contributed by atoms with Crippen LogP contribution in [-0.4, -0.2) is 29.2 Å². The zero-order valence-corrected chi connectivity index (χ0v) is 23.5. The number of amides is 1. The molecule has 212 valence electrons. The maximum Gasteiger partial charge on any atom is 0.296 e. The van der Waals surface area contributed by atoms with Gasteiger partial charge in [-0.3, -0.25) is 9.35 Å². The molecule has 13 nitrogen and oxygen atoms in total. The summed E-state index contributed by atoms with van der Waals surface area (Å²) in [4.78, 5) is 11.2. The van der Waals surface area contributed by atoms with E-state index in [4.69, 9.17) is 16.9 Å². The van der Waals surface area contributed by atoms with Crippen LogP contribution < -0.4 is 5.32 Å². The summed E-state index contributed by atoms with van der Waals surface area (Å²) in [5, 5.41) is 43.3. The second-order valence-electron chi connectivity index (χ2n) is 8.37. The molecule has 0 aliphatic carbocycles. The van der Waals surface area contributed by atoms with Gasteiger partial charge in [0.2, 0.25) is 5.91 Å². The highest BCUT2D eigenvalue weighted by Gasteiger charge is 2.17. The van der Waals surface area contributed by atoms with E-state index in [1.165, 1.54) is 19.1 Å². The highest BCUT2D eigenvalue weighted by atomic mass is 35.5. The number of nitrogens with one attached hydrogen (secondary N) is 1. The molecule has 0 radical (unpaired) electrons. The van der Waals surface area contributed by atoms with E-state index < -0.39 is 15.0 Å². The highest BCUT2D eigenvalue weighted by Crippen LogP contribution is 2.44. The first-order valence-electron chi connectivity index (χ1n) is 11.4. The topological polar surface area (TPSA) is 192 Å². The molecule has 0 aromatic heterocycles. The Morgan fingerprint density at radius 3 is 2.39 bits per heavy atom. The fourth-order valence-electron chi connectivity index (χ4n) is 3.65. The summed E-state index contributed by atoms with van der Waals surface area (Å²) in [7, 11) is -4.58. The SMILES string of the molecule is CC(=O)Nc1ccc2c(O)c(N=Nc3ccc(N=Nc4ccc(Cl)cc4S(=O)(=O)O)c(C)c3)c(SOOO)cc2c1. The quantitative estimate of drug-likeness (QED) is 0.0473. The summed E-state index contributed by atoms with van der Waals surface area (Å²) in [6.45, 7) is 3.09. The molecule has 4 N–H and O–H groups in total. The number of halogens is 1. The summed E-state index contributed by atoms with van der Waals surface area (Å²) in [6, 6.07) is 15.0. The van der Waals surface area contributed by atoms with Crippen LogP contribution in [0.3, 0.4) is 0 Å². The predicted octanol–water partition coefficient (Wildman–Crippen LogP) is 7.97. The molecular weight excluding hydrogens is 598 g/mol. The Labute approximate surface area is 242 Å². The van der Waals surface area contributed by atoms with Crippen molar-refractivity contribution in [3.63, 3.8) is 0 Å². The van der Waals surface area contributed by atoms with Gasteiger partial charge in [0, 0.05) is 23.0 Å². The second-order valence-corrected chi connectivity index (χ2v) is 10.9. The van der Waals surface area contributed by atoms with E-state index >= 15 is 0 Å². The standard InChI is InChI=1S/C25H20ClN5O8S2/c1-13-9-18(5-8-20(13)29-30-21-7-3-16(26)12-23(21)41(35,36)37)28-31-24-22(40-39-38-34)11-15-10-17(27-14(2)32)4-6-19(15)25(24)33/h3-12,33-34H,1-2H3,(H,27,32)(H,35,36,37). The number of fused-ring (bicyclic) bond motifs is 1. The second kappa shape index (κ2) is 12.7. The Balaban J connectivity index is 1.65. The molecule has 0 heterocycles. The summed E-state index contributed by atoms with van der Waals surface area (Å²) in [5.41, 5.74) is 1.79. The lowest BCUT2D eigenvalue weighted by Crippen LogP contribution is -2.05. The molecule has 4 aromatic rings. The maximum atomic E-state index is 11.7. The lowest BCUT2D eigenvalue weighted by molar-refractivity contribution is -0.432. The van der Waals surface area contributed by atoms with Gasteiger partial charge in [-0.15, -0.1) is 14.6 Å². The van der Waals surface area contributed by atoms with Crippen molar-refractivity contribution < 1.29 is 37.5 Å². The van der Waals surface area contributed by atoms with E-state index in [2.05, 4.69) is 35.1 Å². The largest absolute Gasteiger partial charge is 0.505 e. The molecule has 0 atom stereocenters. The normalized spacial score (nSPS) is 12.0. The maximum absolute atomic E-state index is 11.7. The van der Waals surface area contributed by atoms with Crippen molar-refractivity contribution in [2.45, 2.75) is 23.6 Å². The molecule has 4 aromatic carbocycles. The first kappa shape index (κ1) is 30.0. The molecule has 1 amide bonds. The minimum Gasteiger partial charge on any atom is -0.505 e. The Bertz CT molecular complexity index is 1820. The zero-order valence-electron chi connectivity index (χ0n) is 21.1. The van der Waals surface area contributed by atoms with E-state index in [0.717, 1.165) is 6.07 Å². The van der Waals surface area contributed by atoms with Crippen molar-refractivity contribution in [3.8, 4) is 5.75 Å². The molecule has 0 fully saturated rings. The van der Waals surface area contributed by atoms with Crippen molar-refractivity contribution in [2.75, 3.05) is 5.32 Å². The molecular formula is C25H20ClN5O8S2. The number of anilines is 1. The molecule has 0 saturated heterocycles. The summed E-state index contributed by atoms with van der Waals surface area (Å²) >= 11 is 6.41. The molecule has 4 rings (SSSR count). The number of nitrogens with zero attached hydrogens (tertiary/aromatic N) is 4. The van der Waals surface area contributed by atoms with Crippen LogP contribution in [-0.2, 0) is 24.3 Å². The number of azo groups is 2. The molecule has 0 aliphatic rings. The minimum atomic E-state index is -4.58. The Kier molecular flexibility index (Phi) is 9.29. The summed E-state index contributed by atoms with van der Waals surface area (Å²) in [5.74, 6) is -0.495. The average molecular weight is 618 g/mol. The number of aryl methyl sites for hydroxylation is 1. The van der Waals surface area contributed by atoms with Gasteiger partial charge in [-0.05, 0) is 78.5 Å². The van der Waals surface area contributed by atoms with Crippen molar-refractivity contribution in [2.24, 2.45) is 20.5 Å². The number of hydrogen-bond acceptors (Lipinski definition) is 12. The van der Waals surface area contributed by atoms with Crippen molar-refractivity contribution >= 4 is 78.9 Å². The fourth-order valence-corrected chi connectivity index (χ4v) is 5.03. The van der Waals surface area contributed by atoms with Crippen LogP contribution in [0.25, 0.3) is 10.8 Å². The van der Waals surface area contributed by atoms with E-state index in [1.54, 1.807) is 49.4 Å². The highest BCUT2D eigenvalue weighted by molar-refractivity contribution is 7.94. The van der Waals surface area contributed by atoms with Crippen LogP contribution >= 0.6 is 23.6 Å². The number of phenols is 1. The molecule has 0 unspecified atom stereocenters. The van der Waals surface area contributed by atoms with Gasteiger partial charge in [-0.25, -0.2) is 5.26 Å². The van der Waals surface area contributed by atoms with Gasteiger partial charge in [0.25, 0.3) is 10.1 Å². The Morgan fingerprint density at radius 2 is 1.71 bits per heavy atom. The first-order chi connectivity index (χ1) is 19.5. The monoisotopic (exact) mass is 617 g/mol. The molecule has 0 bridgehead atoms. The summed E-state index contributed by atoms with van der Waals surface area (Å²) in [6.07, 6.45) is 0. The summed E-state index contributed by atoms with van der Waals surface area (Å²) < 4.78 is 37.3. The van der Waals surface area contributed by atoms with E-state index in [-0.39, 0.29) is 32.9 Å². The van der Waals surface area contributed by atoms with Crippen molar-refractivity contribution in [3.05, 3.63) is 71.2 Å². The van der Waals surface area contributed by atoms with Gasteiger partial charge in [-0.2, -0.15) is 18.6 Å². The smallest absolute Gasteiger partial charge is 0.296 e. The third-order valence-corrected chi connectivity index (χ3v) is 7.17.